The van der Waals surface area contributed by atoms with E-state index in [2.05, 4.69) is 47.7 Å². The lowest BCUT2D eigenvalue weighted by Gasteiger charge is -2.23. The second-order valence-electron chi connectivity index (χ2n) is 6.24. The molecule has 3 rings (SSSR count). The van der Waals surface area contributed by atoms with E-state index in [4.69, 9.17) is 0 Å². The van der Waals surface area contributed by atoms with E-state index in [1.807, 2.05) is 6.07 Å². The van der Waals surface area contributed by atoms with Crippen molar-refractivity contribution in [3.05, 3.63) is 35.5 Å². The molecule has 1 aromatic carbocycles. The summed E-state index contributed by atoms with van der Waals surface area (Å²) in [6.45, 7) is 5.83. The standard InChI is InChI=1S/C17H23N3O.ClH/c1-11(2)7-8-18-17(21)15-9-13-12-5-3-4-6-14(12)20-16(13)10-19-15;/h3-6,11,15,19-20H,7-10H2,1-2H3,(H,18,21);1H/t15-;/m1./s1. The third kappa shape index (κ3) is 3.45. The van der Waals surface area contributed by atoms with Crippen LogP contribution >= 0.6 is 12.4 Å². The van der Waals surface area contributed by atoms with Gasteiger partial charge in [0.15, 0.2) is 0 Å². The Balaban J connectivity index is 0.00000176. The van der Waals surface area contributed by atoms with E-state index in [-0.39, 0.29) is 24.4 Å². The molecule has 0 radical (unpaired) electrons. The first-order valence-electron chi connectivity index (χ1n) is 7.74. The van der Waals surface area contributed by atoms with Gasteiger partial charge in [-0.1, -0.05) is 32.0 Å². The van der Waals surface area contributed by atoms with Crippen LogP contribution in [-0.2, 0) is 17.8 Å². The Labute approximate surface area is 137 Å². The minimum atomic E-state index is -0.121. The van der Waals surface area contributed by atoms with Crippen LogP contribution in [-0.4, -0.2) is 23.5 Å². The number of hydrogen-bond acceptors (Lipinski definition) is 2. The number of aromatic amines is 1. The Morgan fingerprint density at radius 1 is 1.36 bits per heavy atom. The van der Waals surface area contributed by atoms with Crippen molar-refractivity contribution in [2.45, 2.75) is 39.3 Å². The molecule has 1 aliphatic heterocycles. The fourth-order valence-electron chi connectivity index (χ4n) is 2.93. The van der Waals surface area contributed by atoms with Gasteiger partial charge in [-0.25, -0.2) is 0 Å². The highest BCUT2D eigenvalue weighted by Gasteiger charge is 2.26. The second-order valence-corrected chi connectivity index (χ2v) is 6.24. The molecule has 2 heterocycles. The number of aromatic nitrogens is 1. The van der Waals surface area contributed by atoms with E-state index in [0.717, 1.165) is 31.4 Å². The fourth-order valence-corrected chi connectivity index (χ4v) is 2.93. The monoisotopic (exact) mass is 321 g/mol. The van der Waals surface area contributed by atoms with Crippen LogP contribution < -0.4 is 10.6 Å². The van der Waals surface area contributed by atoms with E-state index < -0.39 is 0 Å². The number of fused-ring (bicyclic) bond motifs is 3. The van der Waals surface area contributed by atoms with Crippen LogP contribution in [0.25, 0.3) is 10.9 Å². The van der Waals surface area contributed by atoms with E-state index in [1.54, 1.807) is 0 Å². The molecule has 5 heteroatoms. The number of H-pyrrole nitrogens is 1. The first-order chi connectivity index (χ1) is 10.1. The highest BCUT2D eigenvalue weighted by molar-refractivity contribution is 5.88. The Hall–Kier alpha value is -1.52. The summed E-state index contributed by atoms with van der Waals surface area (Å²) in [6.07, 6.45) is 1.78. The molecule has 22 heavy (non-hydrogen) atoms. The Morgan fingerprint density at radius 3 is 2.91 bits per heavy atom. The number of para-hydroxylation sites is 1. The normalized spacial score (nSPS) is 17.1. The van der Waals surface area contributed by atoms with Crippen LogP contribution in [0, 0.1) is 5.92 Å². The zero-order valence-electron chi connectivity index (χ0n) is 13.1. The van der Waals surface area contributed by atoms with Gasteiger partial charge in [-0.2, -0.15) is 0 Å². The lowest BCUT2D eigenvalue weighted by atomic mass is 9.98. The summed E-state index contributed by atoms with van der Waals surface area (Å²) in [5.41, 5.74) is 3.65. The van der Waals surface area contributed by atoms with Crippen molar-refractivity contribution in [2.24, 2.45) is 5.92 Å². The first-order valence-corrected chi connectivity index (χ1v) is 7.74. The van der Waals surface area contributed by atoms with E-state index in [9.17, 15) is 4.79 Å². The number of nitrogens with one attached hydrogen (secondary N) is 3. The molecule has 0 unspecified atom stereocenters. The summed E-state index contributed by atoms with van der Waals surface area (Å²) in [7, 11) is 0. The molecule has 2 aromatic rings. The summed E-state index contributed by atoms with van der Waals surface area (Å²) in [4.78, 5) is 15.7. The molecule has 4 nitrogen and oxygen atoms in total. The van der Waals surface area contributed by atoms with Crippen LogP contribution in [0.4, 0.5) is 0 Å². The predicted molar refractivity (Wildman–Crippen MR) is 92.3 cm³/mol. The van der Waals surface area contributed by atoms with Gasteiger partial charge in [-0.3, -0.25) is 10.1 Å². The average Bonchev–Trinajstić information content (AvgIpc) is 2.84. The van der Waals surface area contributed by atoms with Crippen molar-refractivity contribution in [3.8, 4) is 0 Å². The maximum atomic E-state index is 12.3. The topological polar surface area (TPSA) is 56.9 Å². The Bertz CT molecular complexity index is 650. The summed E-state index contributed by atoms with van der Waals surface area (Å²) >= 11 is 0. The van der Waals surface area contributed by atoms with Crippen molar-refractivity contribution in [2.75, 3.05) is 6.54 Å². The predicted octanol–water partition coefficient (Wildman–Crippen LogP) is 2.77. The third-order valence-electron chi connectivity index (χ3n) is 4.17. The number of halogens is 1. The largest absolute Gasteiger partial charge is 0.357 e. The Morgan fingerprint density at radius 2 is 2.14 bits per heavy atom. The molecule has 0 saturated carbocycles. The third-order valence-corrected chi connectivity index (χ3v) is 4.17. The van der Waals surface area contributed by atoms with Crippen molar-refractivity contribution >= 4 is 29.2 Å². The number of benzene rings is 1. The molecule has 0 bridgehead atoms. The van der Waals surface area contributed by atoms with Gasteiger partial charge in [0.25, 0.3) is 0 Å². The lowest BCUT2D eigenvalue weighted by Crippen LogP contribution is -2.47. The maximum absolute atomic E-state index is 12.3. The van der Waals surface area contributed by atoms with Gasteiger partial charge in [-0.15, -0.1) is 12.4 Å². The number of rotatable bonds is 4. The van der Waals surface area contributed by atoms with Gasteiger partial charge in [0.1, 0.15) is 0 Å². The molecular formula is C17H24ClN3O. The number of carbonyl (C=O) groups is 1. The van der Waals surface area contributed by atoms with Crippen molar-refractivity contribution in [1.29, 1.82) is 0 Å². The van der Waals surface area contributed by atoms with Crippen molar-refractivity contribution in [3.63, 3.8) is 0 Å². The second kappa shape index (κ2) is 7.16. The van der Waals surface area contributed by atoms with E-state index in [0.29, 0.717) is 5.92 Å². The minimum absolute atomic E-state index is 0. The van der Waals surface area contributed by atoms with Gasteiger partial charge in [0, 0.05) is 29.7 Å². The zero-order valence-corrected chi connectivity index (χ0v) is 13.9. The maximum Gasteiger partial charge on any atom is 0.237 e. The first kappa shape index (κ1) is 16.8. The van der Waals surface area contributed by atoms with E-state index in [1.165, 1.54) is 16.6 Å². The fraction of sp³-hybridized carbons (Fsp3) is 0.471. The summed E-state index contributed by atoms with van der Waals surface area (Å²) in [5.74, 6) is 0.733. The molecule has 0 aliphatic carbocycles. The molecule has 0 fully saturated rings. The Kier molecular flexibility index (Phi) is 5.48. The molecule has 0 spiro atoms. The molecule has 0 saturated heterocycles. The summed E-state index contributed by atoms with van der Waals surface area (Å²) < 4.78 is 0. The summed E-state index contributed by atoms with van der Waals surface area (Å²) in [6, 6.07) is 8.18. The smallest absolute Gasteiger partial charge is 0.237 e. The molecule has 120 valence electrons. The number of amides is 1. The zero-order chi connectivity index (χ0) is 14.8. The van der Waals surface area contributed by atoms with Crippen LogP contribution in [0.1, 0.15) is 31.5 Å². The van der Waals surface area contributed by atoms with Gasteiger partial charge < -0.3 is 10.3 Å². The minimum Gasteiger partial charge on any atom is -0.357 e. The van der Waals surface area contributed by atoms with Gasteiger partial charge in [0.05, 0.1) is 6.04 Å². The molecular weight excluding hydrogens is 298 g/mol. The molecule has 3 N–H and O–H groups in total. The average molecular weight is 322 g/mol. The van der Waals surface area contributed by atoms with Crippen LogP contribution in [0.2, 0.25) is 0 Å². The molecule has 1 amide bonds. The molecule has 1 aliphatic rings. The summed E-state index contributed by atoms with van der Waals surface area (Å²) in [5, 5.41) is 7.62. The van der Waals surface area contributed by atoms with Gasteiger partial charge >= 0.3 is 0 Å². The van der Waals surface area contributed by atoms with Gasteiger partial charge in [-0.05, 0) is 30.4 Å². The highest BCUT2D eigenvalue weighted by Crippen LogP contribution is 2.26. The quantitative estimate of drug-likeness (QED) is 0.811. The number of hydrogen-bond donors (Lipinski definition) is 3. The van der Waals surface area contributed by atoms with Crippen molar-refractivity contribution in [1.82, 2.24) is 15.6 Å². The van der Waals surface area contributed by atoms with Crippen LogP contribution in [0.15, 0.2) is 24.3 Å². The lowest BCUT2D eigenvalue weighted by molar-refractivity contribution is -0.123. The van der Waals surface area contributed by atoms with Crippen LogP contribution in [0.3, 0.4) is 0 Å². The van der Waals surface area contributed by atoms with E-state index >= 15 is 0 Å². The van der Waals surface area contributed by atoms with Crippen LogP contribution in [0.5, 0.6) is 0 Å². The van der Waals surface area contributed by atoms with Gasteiger partial charge in [0.2, 0.25) is 5.91 Å². The number of carbonyl (C=O) groups excluding carboxylic acids is 1. The van der Waals surface area contributed by atoms with Crippen molar-refractivity contribution < 1.29 is 4.79 Å². The molecule has 1 aromatic heterocycles. The molecule has 1 atom stereocenters. The highest BCUT2D eigenvalue weighted by atomic mass is 35.5. The SMILES string of the molecule is CC(C)CCNC(=O)[C@H]1Cc2c([nH]c3ccccc23)CN1.Cl.